The van der Waals surface area contributed by atoms with Crippen molar-refractivity contribution < 1.29 is 0 Å². The zero-order chi connectivity index (χ0) is 9.54. The quantitative estimate of drug-likeness (QED) is 0.625. The molecule has 4 heteroatoms. The van der Waals surface area contributed by atoms with Crippen LogP contribution in [0.4, 0.5) is 0 Å². The van der Waals surface area contributed by atoms with Crippen molar-refractivity contribution in [2.45, 2.75) is 6.42 Å². The second-order valence-electron chi connectivity index (χ2n) is 3.52. The minimum atomic E-state index is 1.000. The predicted molar refractivity (Wildman–Crippen MR) is 58.8 cm³/mol. The summed E-state index contributed by atoms with van der Waals surface area (Å²) in [6.07, 6.45) is 3.09. The summed E-state index contributed by atoms with van der Waals surface area (Å²) < 4.78 is 1.69. The summed E-state index contributed by atoms with van der Waals surface area (Å²) in [5, 5.41) is 2.12. The van der Waals surface area contributed by atoms with E-state index in [4.69, 9.17) is 0 Å². The number of hydrogen-bond donors (Lipinski definition) is 2. The number of nitrogens with zero attached hydrogens (tertiary/aromatic N) is 2. The second kappa shape index (κ2) is 2.93. The molecule has 0 unspecified atom stereocenters. The van der Waals surface area contributed by atoms with E-state index in [1.165, 1.54) is 16.8 Å². The molecule has 14 heavy (non-hydrogen) atoms. The van der Waals surface area contributed by atoms with Gasteiger partial charge in [-0.3, -0.25) is 5.01 Å². The maximum absolute atomic E-state index is 4.24. The second-order valence-corrected chi connectivity index (χ2v) is 3.95. The highest BCUT2D eigenvalue weighted by atomic mass is 32.1. The molecule has 1 N–H and O–H groups in total. The summed E-state index contributed by atoms with van der Waals surface area (Å²) in [6.45, 7) is 1.000. The molecule has 2 aliphatic rings. The van der Waals surface area contributed by atoms with E-state index >= 15 is 0 Å². The lowest BCUT2D eigenvalue weighted by Crippen LogP contribution is -2.39. The van der Waals surface area contributed by atoms with E-state index in [1.54, 1.807) is 4.41 Å². The van der Waals surface area contributed by atoms with Gasteiger partial charge in [-0.2, -0.15) is 0 Å². The highest BCUT2D eigenvalue weighted by Crippen LogP contribution is 2.30. The van der Waals surface area contributed by atoms with Gasteiger partial charge >= 0.3 is 0 Å². The van der Waals surface area contributed by atoms with Crippen molar-refractivity contribution in [2.24, 2.45) is 0 Å². The monoisotopic (exact) mass is 205 g/mol. The van der Waals surface area contributed by atoms with Gasteiger partial charge in [-0.15, -0.1) is 5.53 Å². The maximum atomic E-state index is 4.24. The standard InChI is InChI=1S/C10H11N3S/c14-13-7-10-9-4-2-1-3-8(9)5-6-12(10)11-13/h1-4,7,11,14H,5-6H2. The molecule has 72 valence electrons. The van der Waals surface area contributed by atoms with Crippen molar-refractivity contribution in [3.63, 3.8) is 0 Å². The molecule has 0 aromatic heterocycles. The fourth-order valence-corrected chi connectivity index (χ4v) is 2.22. The predicted octanol–water partition coefficient (Wildman–Crippen LogP) is 1.42. The van der Waals surface area contributed by atoms with E-state index in [0.29, 0.717) is 0 Å². The number of benzene rings is 1. The van der Waals surface area contributed by atoms with Crippen LogP contribution in [0.15, 0.2) is 30.5 Å². The van der Waals surface area contributed by atoms with Crippen LogP contribution in [-0.4, -0.2) is 16.0 Å². The molecule has 0 saturated heterocycles. The molecule has 0 spiro atoms. The third kappa shape index (κ3) is 1.11. The number of hydrogen-bond acceptors (Lipinski definition) is 4. The van der Waals surface area contributed by atoms with Crippen LogP contribution in [0.2, 0.25) is 0 Å². The zero-order valence-electron chi connectivity index (χ0n) is 7.64. The summed E-state index contributed by atoms with van der Waals surface area (Å²) in [5.41, 5.74) is 7.07. The van der Waals surface area contributed by atoms with E-state index in [0.717, 1.165) is 13.0 Å². The van der Waals surface area contributed by atoms with Gasteiger partial charge in [0.05, 0.1) is 11.9 Å². The van der Waals surface area contributed by atoms with Gasteiger partial charge in [0.25, 0.3) is 0 Å². The Hall–Kier alpha value is -1.13. The fraction of sp³-hybridized carbons (Fsp3) is 0.200. The Kier molecular flexibility index (Phi) is 1.72. The summed E-state index contributed by atoms with van der Waals surface area (Å²) in [6, 6.07) is 8.51. The first kappa shape index (κ1) is 8.20. The van der Waals surface area contributed by atoms with Crippen molar-refractivity contribution in [1.29, 1.82) is 0 Å². The molecule has 0 radical (unpaired) electrons. The van der Waals surface area contributed by atoms with Crippen LogP contribution in [0.3, 0.4) is 0 Å². The zero-order valence-corrected chi connectivity index (χ0v) is 8.54. The van der Waals surface area contributed by atoms with E-state index in [2.05, 4.69) is 47.6 Å². The number of thiol groups is 1. The van der Waals surface area contributed by atoms with Crippen LogP contribution in [0, 0.1) is 0 Å². The van der Waals surface area contributed by atoms with Crippen molar-refractivity contribution in [3.8, 4) is 0 Å². The first-order valence-electron chi connectivity index (χ1n) is 4.66. The van der Waals surface area contributed by atoms with Crippen molar-refractivity contribution in [1.82, 2.24) is 15.0 Å². The van der Waals surface area contributed by atoms with Crippen LogP contribution in [0.25, 0.3) is 5.70 Å². The smallest absolute Gasteiger partial charge is 0.0797 e. The molecule has 0 fully saturated rings. The molecule has 3 rings (SSSR count). The normalized spacial score (nSPS) is 19.1. The first-order chi connectivity index (χ1) is 6.84. The molecular weight excluding hydrogens is 194 g/mol. The Balaban J connectivity index is 2.12. The molecule has 0 saturated carbocycles. The van der Waals surface area contributed by atoms with Crippen molar-refractivity contribution in [2.75, 3.05) is 6.54 Å². The number of hydrazine groups is 2. The minimum Gasteiger partial charge on any atom is -0.288 e. The third-order valence-electron chi connectivity index (χ3n) is 2.66. The van der Waals surface area contributed by atoms with Crippen molar-refractivity contribution >= 4 is 18.5 Å². The summed E-state index contributed by atoms with van der Waals surface area (Å²) >= 11 is 4.24. The number of fused-ring (bicyclic) bond motifs is 3. The highest BCUT2D eigenvalue weighted by molar-refractivity contribution is 7.77. The fourth-order valence-electron chi connectivity index (χ4n) is 2.00. The summed E-state index contributed by atoms with van der Waals surface area (Å²) in [4.78, 5) is 0. The highest BCUT2D eigenvalue weighted by Gasteiger charge is 2.25. The van der Waals surface area contributed by atoms with Gasteiger partial charge < -0.3 is 0 Å². The molecule has 2 heterocycles. The van der Waals surface area contributed by atoms with E-state index in [9.17, 15) is 0 Å². The van der Waals surface area contributed by atoms with Crippen LogP contribution < -0.4 is 5.53 Å². The largest absolute Gasteiger partial charge is 0.288 e. The van der Waals surface area contributed by atoms with Gasteiger partial charge in [-0.1, -0.05) is 24.3 Å². The van der Waals surface area contributed by atoms with Crippen molar-refractivity contribution in [3.05, 3.63) is 41.6 Å². The Morgan fingerprint density at radius 2 is 2.14 bits per heavy atom. The number of nitrogens with one attached hydrogen (secondary N) is 1. The van der Waals surface area contributed by atoms with E-state index < -0.39 is 0 Å². The molecule has 0 amide bonds. The van der Waals surface area contributed by atoms with Crippen LogP contribution in [0.1, 0.15) is 11.1 Å². The number of rotatable bonds is 0. The van der Waals surface area contributed by atoms with Gasteiger partial charge in [0.1, 0.15) is 0 Å². The Bertz CT molecular complexity index is 402. The average molecular weight is 205 g/mol. The van der Waals surface area contributed by atoms with E-state index in [-0.39, 0.29) is 0 Å². The molecule has 0 aliphatic carbocycles. The molecular formula is C10H11N3S. The Morgan fingerprint density at radius 3 is 3.07 bits per heavy atom. The first-order valence-corrected chi connectivity index (χ1v) is 5.06. The summed E-state index contributed by atoms with van der Waals surface area (Å²) in [5.74, 6) is 0. The SMILES string of the molecule is SN1C=C2c3ccccc3CCN2N1. The minimum absolute atomic E-state index is 1.000. The topological polar surface area (TPSA) is 18.5 Å². The van der Waals surface area contributed by atoms with Gasteiger partial charge in [0.15, 0.2) is 0 Å². The van der Waals surface area contributed by atoms with E-state index in [1.807, 2.05) is 6.20 Å². The lowest BCUT2D eigenvalue weighted by molar-refractivity contribution is 0.223. The van der Waals surface area contributed by atoms with Crippen LogP contribution in [-0.2, 0) is 6.42 Å². The maximum Gasteiger partial charge on any atom is 0.0797 e. The van der Waals surface area contributed by atoms with Crippen LogP contribution in [0.5, 0.6) is 0 Å². The Labute approximate surface area is 88.5 Å². The molecule has 2 aliphatic heterocycles. The lowest BCUT2D eigenvalue weighted by Gasteiger charge is -2.28. The average Bonchev–Trinajstić information content (AvgIpc) is 2.59. The molecule has 0 atom stereocenters. The molecule has 0 bridgehead atoms. The van der Waals surface area contributed by atoms with Crippen LogP contribution >= 0.6 is 12.8 Å². The molecule has 1 aromatic rings. The van der Waals surface area contributed by atoms with Gasteiger partial charge in [-0.05, 0) is 24.8 Å². The summed E-state index contributed by atoms with van der Waals surface area (Å²) in [7, 11) is 0. The van der Waals surface area contributed by atoms with Gasteiger partial charge in [0.2, 0.25) is 0 Å². The third-order valence-corrected chi connectivity index (χ3v) is 2.86. The molecule has 1 aromatic carbocycles. The lowest BCUT2D eigenvalue weighted by atomic mass is 9.98. The van der Waals surface area contributed by atoms with Gasteiger partial charge in [0, 0.05) is 12.1 Å². The Morgan fingerprint density at radius 1 is 1.29 bits per heavy atom. The molecule has 3 nitrogen and oxygen atoms in total. The van der Waals surface area contributed by atoms with Gasteiger partial charge in [-0.25, -0.2) is 4.41 Å².